The standard InChI is InChI=1S/C14H13N5O2S/c20-12-10-3-1-2-4-11(10)13(21)18(12)7-8-22-14-15-16-17-19(14)9-5-6-9/h1-4,9H,5-8H2. The Bertz CT molecular complexity index is 720. The molecule has 1 aromatic heterocycles. The summed E-state index contributed by atoms with van der Waals surface area (Å²) in [4.78, 5) is 25.8. The van der Waals surface area contributed by atoms with E-state index < -0.39 is 0 Å². The molecule has 1 aliphatic heterocycles. The molecule has 1 fully saturated rings. The Labute approximate surface area is 130 Å². The van der Waals surface area contributed by atoms with Gasteiger partial charge >= 0.3 is 0 Å². The van der Waals surface area contributed by atoms with E-state index in [1.54, 1.807) is 24.3 Å². The summed E-state index contributed by atoms with van der Waals surface area (Å²) in [6.45, 7) is 0.356. The van der Waals surface area contributed by atoms with Gasteiger partial charge in [0.2, 0.25) is 5.16 Å². The molecule has 0 N–H and O–H groups in total. The van der Waals surface area contributed by atoms with Gasteiger partial charge in [0.1, 0.15) is 0 Å². The topological polar surface area (TPSA) is 81.0 Å². The number of rotatable bonds is 5. The number of aromatic nitrogens is 4. The lowest BCUT2D eigenvalue weighted by Gasteiger charge is -2.12. The maximum atomic E-state index is 12.2. The van der Waals surface area contributed by atoms with E-state index in [4.69, 9.17) is 0 Å². The molecular weight excluding hydrogens is 302 g/mol. The number of benzene rings is 1. The molecule has 4 rings (SSSR count). The van der Waals surface area contributed by atoms with Crippen molar-refractivity contribution in [2.75, 3.05) is 12.3 Å². The average Bonchev–Trinajstić information content (AvgIpc) is 3.23. The number of imide groups is 1. The van der Waals surface area contributed by atoms with E-state index in [0.29, 0.717) is 29.5 Å². The van der Waals surface area contributed by atoms with Gasteiger partial charge in [0.15, 0.2) is 0 Å². The third-order valence-corrected chi connectivity index (χ3v) is 4.69. The molecule has 0 unspecified atom stereocenters. The minimum absolute atomic E-state index is 0.219. The van der Waals surface area contributed by atoms with E-state index in [0.717, 1.165) is 18.0 Å². The highest BCUT2D eigenvalue weighted by atomic mass is 32.2. The van der Waals surface area contributed by atoms with Crippen LogP contribution in [0.15, 0.2) is 29.4 Å². The van der Waals surface area contributed by atoms with Crippen LogP contribution in [0.25, 0.3) is 0 Å². The maximum absolute atomic E-state index is 12.2. The predicted molar refractivity (Wildman–Crippen MR) is 78.6 cm³/mol. The van der Waals surface area contributed by atoms with Crippen LogP contribution in [-0.4, -0.2) is 49.2 Å². The van der Waals surface area contributed by atoms with Crippen LogP contribution in [0.1, 0.15) is 39.6 Å². The molecular formula is C14H13N5O2S. The summed E-state index contributed by atoms with van der Waals surface area (Å²) in [5.41, 5.74) is 0.973. The van der Waals surface area contributed by atoms with Crippen LogP contribution in [0, 0.1) is 0 Å². The van der Waals surface area contributed by atoms with E-state index >= 15 is 0 Å². The van der Waals surface area contributed by atoms with E-state index in [1.165, 1.54) is 16.7 Å². The smallest absolute Gasteiger partial charge is 0.261 e. The largest absolute Gasteiger partial charge is 0.273 e. The van der Waals surface area contributed by atoms with Crippen LogP contribution in [-0.2, 0) is 0 Å². The van der Waals surface area contributed by atoms with Crippen molar-refractivity contribution in [1.82, 2.24) is 25.1 Å². The molecule has 22 heavy (non-hydrogen) atoms. The molecule has 112 valence electrons. The van der Waals surface area contributed by atoms with E-state index in [1.807, 2.05) is 4.68 Å². The molecule has 0 spiro atoms. The molecule has 2 aromatic rings. The van der Waals surface area contributed by atoms with Crippen LogP contribution >= 0.6 is 11.8 Å². The van der Waals surface area contributed by atoms with Gasteiger partial charge in [-0.3, -0.25) is 14.5 Å². The monoisotopic (exact) mass is 315 g/mol. The molecule has 0 bridgehead atoms. The second kappa shape index (κ2) is 5.20. The SMILES string of the molecule is O=C1c2ccccc2C(=O)N1CCSc1nnnn1C1CC1. The summed E-state index contributed by atoms with van der Waals surface area (Å²) < 4.78 is 1.83. The highest BCUT2D eigenvalue weighted by molar-refractivity contribution is 7.99. The van der Waals surface area contributed by atoms with Crippen molar-refractivity contribution in [2.24, 2.45) is 0 Å². The number of carbonyl (C=O) groups is 2. The number of hydrogen-bond acceptors (Lipinski definition) is 6. The molecule has 0 saturated heterocycles. The van der Waals surface area contributed by atoms with Gasteiger partial charge in [-0.2, -0.15) is 0 Å². The summed E-state index contributed by atoms with van der Waals surface area (Å²) in [5.74, 6) is 0.143. The van der Waals surface area contributed by atoms with Gasteiger partial charge in [0, 0.05) is 12.3 Å². The normalized spacial score (nSPS) is 17.2. The predicted octanol–water partition coefficient (Wildman–Crippen LogP) is 1.40. The van der Waals surface area contributed by atoms with Gasteiger partial charge in [-0.25, -0.2) is 4.68 Å². The number of carbonyl (C=O) groups excluding carboxylic acids is 2. The number of nitrogens with zero attached hydrogens (tertiary/aromatic N) is 5. The highest BCUT2D eigenvalue weighted by Crippen LogP contribution is 2.36. The summed E-state index contributed by atoms with van der Waals surface area (Å²) in [5, 5.41) is 12.4. The Morgan fingerprint density at radius 1 is 1.14 bits per heavy atom. The fraction of sp³-hybridized carbons (Fsp3) is 0.357. The average molecular weight is 315 g/mol. The Kier molecular flexibility index (Phi) is 3.18. The van der Waals surface area contributed by atoms with Gasteiger partial charge in [-0.1, -0.05) is 23.9 Å². The number of amides is 2. The molecule has 7 nitrogen and oxygen atoms in total. The first kappa shape index (κ1) is 13.4. The Morgan fingerprint density at radius 2 is 1.82 bits per heavy atom. The van der Waals surface area contributed by atoms with Crippen molar-refractivity contribution < 1.29 is 9.59 Å². The molecule has 8 heteroatoms. The summed E-state index contributed by atoms with van der Waals surface area (Å²) in [6, 6.07) is 7.34. The zero-order chi connectivity index (χ0) is 15.1. The summed E-state index contributed by atoms with van der Waals surface area (Å²) in [7, 11) is 0. The van der Waals surface area contributed by atoms with Gasteiger partial charge < -0.3 is 0 Å². The fourth-order valence-corrected chi connectivity index (χ4v) is 3.37. The molecule has 2 aliphatic rings. The summed E-state index contributed by atoms with van der Waals surface area (Å²) >= 11 is 1.47. The third-order valence-electron chi connectivity index (χ3n) is 3.78. The molecule has 0 radical (unpaired) electrons. The van der Waals surface area contributed by atoms with Crippen molar-refractivity contribution >= 4 is 23.6 Å². The number of fused-ring (bicyclic) bond motifs is 1. The van der Waals surface area contributed by atoms with Crippen LogP contribution < -0.4 is 0 Å². The second-order valence-electron chi connectivity index (χ2n) is 5.29. The number of thioether (sulfide) groups is 1. The van der Waals surface area contributed by atoms with Crippen molar-refractivity contribution in [3.05, 3.63) is 35.4 Å². The minimum atomic E-state index is -0.219. The van der Waals surface area contributed by atoms with E-state index in [9.17, 15) is 9.59 Å². The first-order valence-electron chi connectivity index (χ1n) is 7.11. The molecule has 1 aliphatic carbocycles. The second-order valence-corrected chi connectivity index (χ2v) is 6.36. The quantitative estimate of drug-likeness (QED) is 0.613. The van der Waals surface area contributed by atoms with Crippen LogP contribution in [0.4, 0.5) is 0 Å². The Morgan fingerprint density at radius 3 is 2.45 bits per heavy atom. The summed E-state index contributed by atoms with van der Waals surface area (Å²) in [6.07, 6.45) is 2.22. The minimum Gasteiger partial charge on any atom is -0.273 e. The van der Waals surface area contributed by atoms with Gasteiger partial charge in [-0.05, 0) is 35.4 Å². The van der Waals surface area contributed by atoms with Crippen LogP contribution in [0.3, 0.4) is 0 Å². The van der Waals surface area contributed by atoms with E-state index in [2.05, 4.69) is 15.5 Å². The molecule has 2 heterocycles. The first-order valence-corrected chi connectivity index (χ1v) is 8.10. The van der Waals surface area contributed by atoms with Crippen LogP contribution in [0.5, 0.6) is 0 Å². The fourth-order valence-electron chi connectivity index (χ4n) is 2.50. The lowest BCUT2D eigenvalue weighted by molar-refractivity contribution is 0.0664. The first-order chi connectivity index (χ1) is 10.8. The Hall–Kier alpha value is -2.22. The lowest BCUT2D eigenvalue weighted by Crippen LogP contribution is -2.31. The maximum Gasteiger partial charge on any atom is 0.261 e. The molecule has 0 atom stereocenters. The van der Waals surface area contributed by atoms with Gasteiger partial charge in [0.05, 0.1) is 17.2 Å². The number of hydrogen-bond donors (Lipinski definition) is 0. The zero-order valence-electron chi connectivity index (χ0n) is 11.7. The van der Waals surface area contributed by atoms with Crippen molar-refractivity contribution in [1.29, 1.82) is 0 Å². The van der Waals surface area contributed by atoms with Crippen LogP contribution in [0.2, 0.25) is 0 Å². The highest BCUT2D eigenvalue weighted by Gasteiger charge is 2.35. The van der Waals surface area contributed by atoms with Crippen molar-refractivity contribution in [2.45, 2.75) is 24.0 Å². The molecule has 1 saturated carbocycles. The molecule has 1 aromatic carbocycles. The third kappa shape index (κ3) is 2.19. The van der Waals surface area contributed by atoms with Gasteiger partial charge in [-0.15, -0.1) is 5.10 Å². The number of tetrazole rings is 1. The van der Waals surface area contributed by atoms with Crippen molar-refractivity contribution in [3.8, 4) is 0 Å². The lowest BCUT2D eigenvalue weighted by atomic mass is 10.1. The Balaban J connectivity index is 1.41. The van der Waals surface area contributed by atoms with Crippen molar-refractivity contribution in [3.63, 3.8) is 0 Å². The molecule has 2 amide bonds. The van der Waals surface area contributed by atoms with Gasteiger partial charge in [0.25, 0.3) is 11.8 Å². The van der Waals surface area contributed by atoms with E-state index in [-0.39, 0.29) is 11.8 Å². The zero-order valence-corrected chi connectivity index (χ0v) is 12.5.